The first-order valence-electron chi connectivity index (χ1n) is 4.79. The zero-order valence-electron chi connectivity index (χ0n) is 8.83. The maximum absolute atomic E-state index is 3.11. The van der Waals surface area contributed by atoms with E-state index in [1.54, 1.807) is 0 Å². The highest BCUT2D eigenvalue weighted by Crippen LogP contribution is 2.26. The van der Waals surface area contributed by atoms with E-state index in [4.69, 9.17) is 0 Å². The highest BCUT2D eigenvalue weighted by atomic mass is 14.9. The van der Waals surface area contributed by atoms with Crippen LogP contribution in [0.3, 0.4) is 0 Å². The lowest BCUT2D eigenvalue weighted by molar-refractivity contribution is 0.933. The Bertz CT molecular complexity index is 432. The summed E-state index contributed by atoms with van der Waals surface area (Å²) in [7, 11) is 2.05. The summed E-state index contributed by atoms with van der Waals surface area (Å²) in [6, 6.07) is 11.5. The molecule has 0 spiro atoms. The fourth-order valence-corrected chi connectivity index (χ4v) is 1.87. The molecule has 0 saturated carbocycles. The van der Waals surface area contributed by atoms with Gasteiger partial charge < -0.3 is 4.57 Å². The Balaban J connectivity index is 2.68. The van der Waals surface area contributed by atoms with E-state index in [0.29, 0.717) is 0 Å². The number of rotatable bonds is 1. The summed E-state index contributed by atoms with van der Waals surface area (Å²) < 4.78 is 2.11. The van der Waals surface area contributed by atoms with Gasteiger partial charge in [-0.1, -0.05) is 18.2 Å². The number of hydrogen-bond acceptors (Lipinski definition) is 0. The Hall–Kier alpha value is -1.50. The molecule has 0 amide bonds. The summed E-state index contributed by atoms with van der Waals surface area (Å²) in [5.74, 6) is 0. The Morgan fingerprint density at radius 3 is 2.29 bits per heavy atom. The van der Waals surface area contributed by atoms with E-state index in [-0.39, 0.29) is 0 Å². The predicted molar refractivity (Wildman–Crippen MR) is 59.2 cm³/mol. The van der Waals surface area contributed by atoms with Crippen molar-refractivity contribution in [1.82, 2.24) is 4.57 Å². The van der Waals surface area contributed by atoms with Gasteiger partial charge in [0.25, 0.3) is 0 Å². The van der Waals surface area contributed by atoms with Crippen molar-refractivity contribution >= 4 is 0 Å². The second kappa shape index (κ2) is 3.33. The van der Waals surface area contributed by atoms with Crippen molar-refractivity contribution < 1.29 is 0 Å². The maximum Gasteiger partial charge on any atom is 0.0489 e. The monoisotopic (exact) mass is 184 g/mol. The van der Waals surface area contributed by atoms with Crippen molar-refractivity contribution in [2.45, 2.75) is 13.8 Å². The van der Waals surface area contributed by atoms with Gasteiger partial charge >= 0.3 is 0 Å². The highest BCUT2D eigenvalue weighted by molar-refractivity contribution is 5.67. The zero-order chi connectivity index (χ0) is 10.1. The minimum absolute atomic E-state index is 1.24. The van der Waals surface area contributed by atoms with Crippen LogP contribution in [0, 0.1) is 19.9 Å². The van der Waals surface area contributed by atoms with Crippen LogP contribution in [-0.2, 0) is 7.05 Å². The molecule has 14 heavy (non-hydrogen) atoms. The Labute approximate surface area is 85.0 Å². The number of hydrogen-bond donors (Lipinski definition) is 0. The van der Waals surface area contributed by atoms with Crippen LogP contribution in [-0.4, -0.2) is 4.57 Å². The average molecular weight is 184 g/mol. The van der Waals surface area contributed by atoms with E-state index < -0.39 is 0 Å². The van der Waals surface area contributed by atoms with Crippen molar-refractivity contribution in [3.8, 4) is 11.3 Å². The third-order valence-electron chi connectivity index (χ3n) is 2.61. The number of aromatic nitrogens is 1. The molecule has 1 aromatic carbocycles. The van der Waals surface area contributed by atoms with Gasteiger partial charge in [0.2, 0.25) is 0 Å². The van der Waals surface area contributed by atoms with Gasteiger partial charge in [0, 0.05) is 30.6 Å². The number of benzene rings is 1. The van der Waals surface area contributed by atoms with E-state index in [9.17, 15) is 0 Å². The lowest BCUT2D eigenvalue weighted by Gasteiger charge is -2.10. The molecular formula is C13H14N. The Morgan fingerprint density at radius 1 is 1.14 bits per heavy atom. The van der Waals surface area contributed by atoms with Crippen molar-refractivity contribution in [3.05, 3.63) is 47.7 Å². The molecule has 0 aliphatic rings. The van der Waals surface area contributed by atoms with Crippen LogP contribution >= 0.6 is 0 Å². The van der Waals surface area contributed by atoms with Crippen molar-refractivity contribution in [3.63, 3.8) is 0 Å². The second-order valence-electron chi connectivity index (χ2n) is 3.70. The van der Waals surface area contributed by atoms with Crippen LogP contribution in [0.5, 0.6) is 0 Å². The molecule has 0 fully saturated rings. The molecule has 0 bridgehead atoms. The molecule has 0 unspecified atom stereocenters. The summed E-state index contributed by atoms with van der Waals surface area (Å²) in [6.45, 7) is 4.30. The first kappa shape index (κ1) is 9.07. The molecule has 1 heteroatoms. The Kier molecular flexibility index (Phi) is 2.16. The van der Waals surface area contributed by atoms with Gasteiger partial charge in [0.05, 0.1) is 0 Å². The van der Waals surface area contributed by atoms with Gasteiger partial charge in [0.15, 0.2) is 0 Å². The summed E-state index contributed by atoms with van der Waals surface area (Å²) in [5.41, 5.74) is 5.21. The largest absolute Gasteiger partial charge is 0.350 e. The molecule has 2 rings (SSSR count). The molecule has 0 aliphatic heterocycles. The fraction of sp³-hybridized carbons (Fsp3) is 0.231. The standard InChI is InChI=1S/C13H14N/c1-10-6-4-7-11(2)13(10)12-8-5-9-14(12)3/h4,6-9H,1-3H3. The number of aryl methyl sites for hydroxylation is 3. The molecule has 0 atom stereocenters. The molecular weight excluding hydrogens is 170 g/mol. The van der Waals surface area contributed by atoms with Gasteiger partial charge in [-0.2, -0.15) is 0 Å². The highest BCUT2D eigenvalue weighted by Gasteiger charge is 2.06. The predicted octanol–water partition coefficient (Wildman–Crippen LogP) is 3.11. The van der Waals surface area contributed by atoms with Crippen molar-refractivity contribution in [1.29, 1.82) is 0 Å². The molecule has 0 N–H and O–H groups in total. The molecule has 0 aliphatic carbocycles. The second-order valence-corrected chi connectivity index (χ2v) is 3.70. The Morgan fingerprint density at radius 2 is 1.79 bits per heavy atom. The van der Waals surface area contributed by atoms with Crippen LogP contribution in [0.4, 0.5) is 0 Å². The van der Waals surface area contributed by atoms with Crippen LogP contribution < -0.4 is 0 Å². The SMILES string of the molecule is Cc1cccc(C)c1-c1c[c]cn1C. The van der Waals surface area contributed by atoms with Crippen LogP contribution in [0.25, 0.3) is 11.3 Å². The van der Waals surface area contributed by atoms with Crippen molar-refractivity contribution in [2.75, 3.05) is 0 Å². The summed E-state index contributed by atoms with van der Waals surface area (Å²) in [5, 5.41) is 0. The number of nitrogens with zero attached hydrogens (tertiary/aromatic N) is 1. The molecule has 0 saturated heterocycles. The molecule has 1 radical (unpaired) electrons. The molecule has 1 heterocycles. The molecule has 1 aromatic heterocycles. The van der Waals surface area contributed by atoms with E-state index in [2.05, 4.69) is 49.7 Å². The van der Waals surface area contributed by atoms with E-state index in [1.165, 1.54) is 22.4 Å². The lowest BCUT2D eigenvalue weighted by atomic mass is 10.0. The average Bonchev–Trinajstić information content (AvgIpc) is 2.52. The van der Waals surface area contributed by atoms with Crippen LogP contribution in [0.1, 0.15) is 11.1 Å². The first-order chi connectivity index (χ1) is 6.70. The summed E-state index contributed by atoms with van der Waals surface area (Å²) in [6.07, 6.45) is 1.96. The fourth-order valence-electron chi connectivity index (χ4n) is 1.87. The first-order valence-corrected chi connectivity index (χ1v) is 4.79. The minimum atomic E-state index is 1.24. The van der Waals surface area contributed by atoms with E-state index in [0.717, 1.165) is 0 Å². The molecule has 1 nitrogen and oxygen atoms in total. The maximum atomic E-state index is 3.11. The third kappa shape index (κ3) is 1.35. The lowest BCUT2D eigenvalue weighted by Crippen LogP contribution is -1.94. The topological polar surface area (TPSA) is 4.93 Å². The minimum Gasteiger partial charge on any atom is -0.350 e. The third-order valence-corrected chi connectivity index (χ3v) is 2.61. The summed E-state index contributed by atoms with van der Waals surface area (Å²) >= 11 is 0. The normalized spacial score (nSPS) is 10.5. The molecule has 2 aromatic rings. The van der Waals surface area contributed by atoms with Gasteiger partial charge in [0.1, 0.15) is 0 Å². The smallest absolute Gasteiger partial charge is 0.0489 e. The van der Waals surface area contributed by atoms with E-state index in [1.807, 2.05) is 12.3 Å². The zero-order valence-corrected chi connectivity index (χ0v) is 8.83. The van der Waals surface area contributed by atoms with Crippen LogP contribution in [0.15, 0.2) is 30.5 Å². The van der Waals surface area contributed by atoms with Crippen LogP contribution in [0.2, 0.25) is 0 Å². The van der Waals surface area contributed by atoms with Crippen molar-refractivity contribution in [2.24, 2.45) is 7.05 Å². The van der Waals surface area contributed by atoms with E-state index >= 15 is 0 Å². The summed E-state index contributed by atoms with van der Waals surface area (Å²) in [4.78, 5) is 0. The van der Waals surface area contributed by atoms with Gasteiger partial charge in [-0.05, 0) is 31.0 Å². The quantitative estimate of drug-likeness (QED) is 0.641. The van der Waals surface area contributed by atoms with Gasteiger partial charge in [-0.15, -0.1) is 0 Å². The van der Waals surface area contributed by atoms with Gasteiger partial charge in [-0.3, -0.25) is 0 Å². The molecule has 71 valence electrons. The van der Waals surface area contributed by atoms with Gasteiger partial charge in [-0.25, -0.2) is 0 Å².